The van der Waals surface area contributed by atoms with Gasteiger partial charge in [0.2, 0.25) is 0 Å². The van der Waals surface area contributed by atoms with Crippen molar-refractivity contribution in [1.29, 1.82) is 0 Å². The third kappa shape index (κ3) is 3.40. The van der Waals surface area contributed by atoms with Gasteiger partial charge in [-0.25, -0.2) is 0 Å². The van der Waals surface area contributed by atoms with E-state index in [1.165, 1.54) is 0 Å². The minimum absolute atomic E-state index is 0.662. The average Bonchev–Trinajstić information content (AvgIpc) is 2.63. The molecular weight excluding hydrogens is 286 g/mol. The van der Waals surface area contributed by atoms with Gasteiger partial charge in [0.15, 0.2) is 0 Å². The van der Waals surface area contributed by atoms with E-state index < -0.39 is 0 Å². The lowest BCUT2D eigenvalue weighted by Crippen LogP contribution is -1.93. The SMILES string of the molecule is COc1ccc(Nc2ccc(C=O)cc2)cc1-c1ccccc1. The largest absolute Gasteiger partial charge is 0.496 e. The summed E-state index contributed by atoms with van der Waals surface area (Å²) in [6.07, 6.45) is 0.838. The molecule has 0 spiro atoms. The Morgan fingerprint density at radius 3 is 2.22 bits per heavy atom. The molecule has 3 aromatic rings. The van der Waals surface area contributed by atoms with E-state index in [-0.39, 0.29) is 0 Å². The maximum Gasteiger partial charge on any atom is 0.150 e. The highest BCUT2D eigenvalue weighted by Gasteiger charge is 2.07. The molecule has 0 bridgehead atoms. The summed E-state index contributed by atoms with van der Waals surface area (Å²) in [6.45, 7) is 0. The molecule has 0 fully saturated rings. The Bertz CT molecular complexity index is 796. The Hall–Kier alpha value is -3.07. The zero-order valence-electron chi connectivity index (χ0n) is 12.8. The highest BCUT2D eigenvalue weighted by atomic mass is 16.5. The second-order valence-electron chi connectivity index (χ2n) is 5.15. The molecule has 3 heteroatoms. The minimum atomic E-state index is 0.662. The average molecular weight is 303 g/mol. The Morgan fingerprint density at radius 1 is 0.870 bits per heavy atom. The lowest BCUT2D eigenvalue weighted by molar-refractivity contribution is 0.112. The third-order valence-corrected chi connectivity index (χ3v) is 3.62. The fourth-order valence-corrected chi connectivity index (χ4v) is 2.44. The molecule has 0 aliphatic heterocycles. The fourth-order valence-electron chi connectivity index (χ4n) is 2.44. The van der Waals surface area contributed by atoms with Crippen LogP contribution >= 0.6 is 0 Å². The molecule has 0 aromatic heterocycles. The normalized spacial score (nSPS) is 10.1. The molecule has 3 nitrogen and oxygen atoms in total. The second kappa shape index (κ2) is 6.79. The molecule has 23 heavy (non-hydrogen) atoms. The number of hydrogen-bond donors (Lipinski definition) is 1. The van der Waals surface area contributed by atoms with Crippen LogP contribution in [0.1, 0.15) is 10.4 Å². The summed E-state index contributed by atoms with van der Waals surface area (Å²) < 4.78 is 5.47. The van der Waals surface area contributed by atoms with Crippen LogP contribution in [0.25, 0.3) is 11.1 Å². The van der Waals surface area contributed by atoms with Gasteiger partial charge in [0.05, 0.1) is 7.11 Å². The number of anilines is 2. The molecule has 114 valence electrons. The Kier molecular flexibility index (Phi) is 4.39. The third-order valence-electron chi connectivity index (χ3n) is 3.62. The van der Waals surface area contributed by atoms with E-state index in [9.17, 15) is 4.79 Å². The highest BCUT2D eigenvalue weighted by Crippen LogP contribution is 2.33. The number of hydrogen-bond acceptors (Lipinski definition) is 3. The molecule has 3 rings (SSSR count). The van der Waals surface area contributed by atoms with Crippen LogP contribution < -0.4 is 10.1 Å². The van der Waals surface area contributed by atoms with Crippen molar-refractivity contribution in [1.82, 2.24) is 0 Å². The van der Waals surface area contributed by atoms with E-state index in [0.717, 1.165) is 34.5 Å². The number of nitrogens with one attached hydrogen (secondary N) is 1. The van der Waals surface area contributed by atoms with E-state index in [1.54, 1.807) is 19.2 Å². The van der Waals surface area contributed by atoms with Crippen LogP contribution in [-0.4, -0.2) is 13.4 Å². The van der Waals surface area contributed by atoms with Gasteiger partial charge in [0, 0.05) is 22.5 Å². The number of ether oxygens (including phenoxy) is 1. The molecule has 0 heterocycles. The van der Waals surface area contributed by atoms with E-state index in [2.05, 4.69) is 23.5 Å². The number of benzene rings is 3. The van der Waals surface area contributed by atoms with Crippen LogP contribution in [0.15, 0.2) is 72.8 Å². The van der Waals surface area contributed by atoms with Crippen LogP contribution in [0.4, 0.5) is 11.4 Å². The van der Waals surface area contributed by atoms with Crippen molar-refractivity contribution in [2.45, 2.75) is 0 Å². The Balaban J connectivity index is 1.92. The molecule has 3 aromatic carbocycles. The molecule has 0 aliphatic carbocycles. The maximum absolute atomic E-state index is 10.7. The molecule has 0 radical (unpaired) electrons. The summed E-state index contributed by atoms with van der Waals surface area (Å²) in [5, 5.41) is 3.35. The quantitative estimate of drug-likeness (QED) is 0.680. The van der Waals surface area contributed by atoms with Crippen molar-refractivity contribution >= 4 is 17.7 Å². The van der Waals surface area contributed by atoms with Gasteiger partial charge in [0.1, 0.15) is 12.0 Å². The van der Waals surface area contributed by atoms with E-state index in [4.69, 9.17) is 4.74 Å². The molecular formula is C20H17NO2. The van der Waals surface area contributed by atoms with Crippen LogP contribution in [0.3, 0.4) is 0 Å². The van der Waals surface area contributed by atoms with Crippen LogP contribution in [-0.2, 0) is 0 Å². The fraction of sp³-hybridized carbons (Fsp3) is 0.0500. The molecule has 0 atom stereocenters. The maximum atomic E-state index is 10.7. The number of aldehydes is 1. The standard InChI is InChI=1S/C20H17NO2/c1-23-20-12-11-18(13-19(20)16-5-3-2-4-6-16)21-17-9-7-15(14-22)8-10-17/h2-14,21H,1H3. The molecule has 0 saturated heterocycles. The van der Waals surface area contributed by atoms with Crippen molar-refractivity contribution < 1.29 is 9.53 Å². The van der Waals surface area contributed by atoms with Gasteiger partial charge in [0.25, 0.3) is 0 Å². The highest BCUT2D eigenvalue weighted by molar-refractivity contribution is 5.78. The number of rotatable bonds is 5. The van der Waals surface area contributed by atoms with Crippen molar-refractivity contribution in [2.75, 3.05) is 12.4 Å². The number of carbonyl (C=O) groups is 1. The predicted molar refractivity (Wildman–Crippen MR) is 93.5 cm³/mol. The second-order valence-corrected chi connectivity index (χ2v) is 5.15. The molecule has 0 saturated carbocycles. The first-order valence-electron chi connectivity index (χ1n) is 7.36. The van der Waals surface area contributed by atoms with Crippen LogP contribution in [0, 0.1) is 0 Å². The van der Waals surface area contributed by atoms with E-state index in [0.29, 0.717) is 5.56 Å². The lowest BCUT2D eigenvalue weighted by Gasteiger charge is -2.13. The van der Waals surface area contributed by atoms with Gasteiger partial charge < -0.3 is 10.1 Å². The van der Waals surface area contributed by atoms with Crippen molar-refractivity contribution in [3.63, 3.8) is 0 Å². The van der Waals surface area contributed by atoms with Crippen molar-refractivity contribution in [3.05, 3.63) is 78.4 Å². The molecule has 0 amide bonds. The summed E-state index contributed by atoms with van der Waals surface area (Å²) in [5.41, 5.74) is 4.69. The van der Waals surface area contributed by atoms with E-state index >= 15 is 0 Å². The first-order valence-corrected chi connectivity index (χ1v) is 7.36. The topological polar surface area (TPSA) is 38.3 Å². The van der Waals surface area contributed by atoms with Gasteiger partial charge in [-0.2, -0.15) is 0 Å². The summed E-state index contributed by atoms with van der Waals surface area (Å²) in [6, 6.07) is 23.4. The number of carbonyl (C=O) groups excluding carboxylic acids is 1. The first-order chi connectivity index (χ1) is 11.3. The molecule has 0 aliphatic rings. The summed E-state index contributed by atoms with van der Waals surface area (Å²) in [5.74, 6) is 0.832. The Labute approximate surface area is 135 Å². The Morgan fingerprint density at radius 2 is 1.57 bits per heavy atom. The van der Waals surface area contributed by atoms with E-state index in [1.807, 2.05) is 42.5 Å². The summed E-state index contributed by atoms with van der Waals surface area (Å²) >= 11 is 0. The first kappa shape index (κ1) is 14.9. The zero-order valence-corrected chi connectivity index (χ0v) is 12.8. The predicted octanol–water partition coefficient (Wildman–Crippen LogP) is 4.92. The van der Waals surface area contributed by atoms with Gasteiger partial charge in [-0.15, -0.1) is 0 Å². The monoisotopic (exact) mass is 303 g/mol. The van der Waals surface area contributed by atoms with Crippen LogP contribution in [0.2, 0.25) is 0 Å². The van der Waals surface area contributed by atoms with Crippen molar-refractivity contribution in [3.8, 4) is 16.9 Å². The van der Waals surface area contributed by atoms with Crippen molar-refractivity contribution in [2.24, 2.45) is 0 Å². The number of methoxy groups -OCH3 is 1. The smallest absolute Gasteiger partial charge is 0.150 e. The van der Waals surface area contributed by atoms with Gasteiger partial charge in [-0.3, -0.25) is 4.79 Å². The lowest BCUT2D eigenvalue weighted by atomic mass is 10.0. The van der Waals surface area contributed by atoms with Gasteiger partial charge >= 0.3 is 0 Å². The molecule has 0 unspecified atom stereocenters. The molecule has 1 N–H and O–H groups in total. The summed E-state index contributed by atoms with van der Waals surface area (Å²) in [7, 11) is 1.67. The van der Waals surface area contributed by atoms with Gasteiger partial charge in [-0.05, 0) is 48.0 Å². The van der Waals surface area contributed by atoms with Gasteiger partial charge in [-0.1, -0.05) is 30.3 Å². The minimum Gasteiger partial charge on any atom is -0.496 e. The van der Waals surface area contributed by atoms with Crippen LogP contribution in [0.5, 0.6) is 5.75 Å². The zero-order chi connectivity index (χ0) is 16.1. The summed E-state index contributed by atoms with van der Waals surface area (Å²) in [4.78, 5) is 10.7.